The third-order valence-corrected chi connectivity index (χ3v) is 4.74. The summed E-state index contributed by atoms with van der Waals surface area (Å²) >= 11 is 3.15. The van der Waals surface area contributed by atoms with Crippen molar-refractivity contribution in [3.63, 3.8) is 0 Å². The Balaban J connectivity index is 1.76. The first-order valence-corrected chi connectivity index (χ1v) is 8.51. The zero-order valence-corrected chi connectivity index (χ0v) is 14.5. The lowest BCUT2D eigenvalue weighted by molar-refractivity contribution is 0.0660. The minimum Gasteiger partial charge on any atom is -0.411 e. The Labute approximate surface area is 146 Å². The molecule has 0 bridgehead atoms. The highest BCUT2D eigenvalue weighted by molar-refractivity contribution is 9.10. The number of rotatable bonds is 5. The average Bonchev–Trinajstić information content (AvgIpc) is 3.05. The predicted molar refractivity (Wildman–Crippen MR) is 87.7 cm³/mol. The van der Waals surface area contributed by atoms with Gasteiger partial charge in [0.1, 0.15) is 17.2 Å². The summed E-state index contributed by atoms with van der Waals surface area (Å²) in [5.41, 5.74) is 2.26. The zero-order valence-electron chi connectivity index (χ0n) is 12.9. The van der Waals surface area contributed by atoms with Gasteiger partial charge >= 0.3 is 0 Å². The monoisotopic (exact) mass is 397 g/mol. The van der Waals surface area contributed by atoms with Gasteiger partial charge in [0.15, 0.2) is 5.69 Å². The minimum absolute atomic E-state index is 0.296. The second kappa shape index (κ2) is 7.85. The summed E-state index contributed by atoms with van der Waals surface area (Å²) in [4.78, 5) is 0. The highest BCUT2D eigenvalue weighted by Crippen LogP contribution is 2.22. The van der Waals surface area contributed by atoms with E-state index in [9.17, 15) is 9.60 Å². The maximum atomic E-state index is 13.3. The van der Waals surface area contributed by atoms with E-state index in [1.54, 1.807) is 12.1 Å². The van der Waals surface area contributed by atoms with E-state index in [-0.39, 0.29) is 5.82 Å². The molecule has 2 aromatic rings. The summed E-state index contributed by atoms with van der Waals surface area (Å²) in [6.07, 6.45) is 2.92. The molecule has 0 amide bonds. The van der Waals surface area contributed by atoms with Gasteiger partial charge in [-0.2, -0.15) is 0 Å². The summed E-state index contributed by atoms with van der Waals surface area (Å²) in [6, 6.07) is 4.64. The SMILES string of the molecule is ON=C(Cc1ccc(F)c(Br)c1)c1nonc1CC1CCOCC1. The molecule has 2 heterocycles. The summed E-state index contributed by atoms with van der Waals surface area (Å²) in [5.74, 6) is 0.105. The smallest absolute Gasteiger partial charge is 0.156 e. The molecule has 8 heteroatoms. The predicted octanol–water partition coefficient (Wildman–Crippen LogP) is 3.36. The van der Waals surface area contributed by atoms with Crippen LogP contribution in [-0.4, -0.2) is 34.4 Å². The van der Waals surface area contributed by atoms with E-state index >= 15 is 0 Å². The fraction of sp³-hybridized carbons (Fsp3) is 0.438. The highest BCUT2D eigenvalue weighted by Gasteiger charge is 2.22. The van der Waals surface area contributed by atoms with Crippen LogP contribution in [0, 0.1) is 11.7 Å². The van der Waals surface area contributed by atoms with Crippen molar-refractivity contribution in [2.24, 2.45) is 11.1 Å². The van der Waals surface area contributed by atoms with Crippen LogP contribution in [0.2, 0.25) is 0 Å². The molecule has 1 saturated heterocycles. The standard InChI is InChI=1S/C16H17BrFN3O3/c17-12-7-11(1-2-13(12)18)9-14(19-22)16-15(20-24-21-16)8-10-3-5-23-6-4-10/h1-2,7,10,22H,3-6,8-9H2. The minimum atomic E-state index is -0.343. The van der Waals surface area contributed by atoms with Crippen molar-refractivity contribution >= 4 is 21.6 Å². The molecular formula is C16H17BrFN3O3. The van der Waals surface area contributed by atoms with Crippen molar-refractivity contribution in [2.75, 3.05) is 13.2 Å². The van der Waals surface area contributed by atoms with Crippen molar-refractivity contribution < 1.29 is 19.0 Å². The number of hydrogen-bond acceptors (Lipinski definition) is 6. The molecule has 1 aromatic carbocycles. The fourth-order valence-electron chi connectivity index (χ4n) is 2.79. The fourth-order valence-corrected chi connectivity index (χ4v) is 3.22. The maximum absolute atomic E-state index is 13.3. The van der Waals surface area contributed by atoms with Crippen molar-refractivity contribution in [1.29, 1.82) is 0 Å². The Hall–Kier alpha value is -1.80. The molecule has 0 saturated carbocycles. The van der Waals surface area contributed by atoms with Crippen LogP contribution >= 0.6 is 15.9 Å². The average molecular weight is 398 g/mol. The quantitative estimate of drug-likeness (QED) is 0.475. The van der Waals surface area contributed by atoms with Gasteiger partial charge in [-0.3, -0.25) is 0 Å². The van der Waals surface area contributed by atoms with Gasteiger partial charge in [-0.1, -0.05) is 16.4 Å². The number of ether oxygens (including phenoxy) is 1. The Kier molecular flexibility index (Phi) is 5.57. The van der Waals surface area contributed by atoms with Crippen molar-refractivity contribution in [1.82, 2.24) is 10.3 Å². The van der Waals surface area contributed by atoms with Crippen LogP contribution in [0.5, 0.6) is 0 Å². The molecule has 0 atom stereocenters. The second-order valence-electron chi connectivity index (χ2n) is 5.79. The van der Waals surface area contributed by atoms with E-state index in [0.29, 0.717) is 40.3 Å². The number of hydrogen-bond donors (Lipinski definition) is 1. The lowest BCUT2D eigenvalue weighted by Crippen LogP contribution is -2.19. The van der Waals surface area contributed by atoms with Crippen molar-refractivity contribution in [3.05, 3.63) is 45.4 Å². The molecule has 1 N–H and O–H groups in total. The van der Waals surface area contributed by atoms with E-state index in [1.807, 2.05) is 0 Å². The molecule has 6 nitrogen and oxygen atoms in total. The molecule has 1 aliphatic heterocycles. The molecule has 1 aromatic heterocycles. The molecule has 1 aliphatic rings. The number of benzene rings is 1. The lowest BCUT2D eigenvalue weighted by Gasteiger charge is -2.20. The first kappa shape index (κ1) is 17.0. The molecule has 0 aliphatic carbocycles. The number of nitrogens with zero attached hydrogens (tertiary/aromatic N) is 3. The lowest BCUT2D eigenvalue weighted by atomic mass is 9.93. The molecule has 24 heavy (non-hydrogen) atoms. The van der Waals surface area contributed by atoms with Gasteiger partial charge in [-0.25, -0.2) is 9.02 Å². The molecule has 128 valence electrons. The topological polar surface area (TPSA) is 80.7 Å². The first-order chi connectivity index (χ1) is 11.7. The maximum Gasteiger partial charge on any atom is 0.156 e. The van der Waals surface area contributed by atoms with Crippen molar-refractivity contribution in [3.8, 4) is 0 Å². The van der Waals surface area contributed by atoms with Crippen LogP contribution in [-0.2, 0) is 17.6 Å². The van der Waals surface area contributed by atoms with E-state index in [1.165, 1.54) is 6.07 Å². The number of oxime groups is 1. The largest absolute Gasteiger partial charge is 0.411 e. The third kappa shape index (κ3) is 3.99. The Bertz CT molecular complexity index is 729. The van der Waals surface area contributed by atoms with E-state index in [4.69, 9.17) is 9.37 Å². The van der Waals surface area contributed by atoms with Gasteiger partial charge in [0.25, 0.3) is 0 Å². The zero-order chi connectivity index (χ0) is 16.9. The van der Waals surface area contributed by atoms with Crippen LogP contribution in [0.25, 0.3) is 0 Å². The second-order valence-corrected chi connectivity index (χ2v) is 6.65. The summed E-state index contributed by atoms with van der Waals surface area (Å²) in [7, 11) is 0. The molecule has 3 rings (SSSR count). The Morgan fingerprint density at radius 3 is 2.83 bits per heavy atom. The Morgan fingerprint density at radius 1 is 1.33 bits per heavy atom. The van der Waals surface area contributed by atoms with E-state index in [0.717, 1.165) is 31.6 Å². The van der Waals surface area contributed by atoms with Gasteiger partial charge in [0, 0.05) is 19.6 Å². The van der Waals surface area contributed by atoms with Gasteiger partial charge < -0.3 is 9.94 Å². The summed E-state index contributed by atoms with van der Waals surface area (Å²) < 4.78 is 23.9. The van der Waals surface area contributed by atoms with Gasteiger partial charge in [0.05, 0.1) is 4.47 Å². The number of halogens is 2. The summed E-state index contributed by atoms with van der Waals surface area (Å²) in [6.45, 7) is 1.49. The van der Waals surface area contributed by atoms with Gasteiger partial charge in [-0.05, 0) is 64.0 Å². The molecular weight excluding hydrogens is 381 g/mol. The van der Waals surface area contributed by atoms with Crippen LogP contribution in [0.15, 0.2) is 32.5 Å². The molecule has 0 radical (unpaired) electrons. The van der Waals surface area contributed by atoms with Crippen LogP contribution < -0.4 is 0 Å². The van der Waals surface area contributed by atoms with Gasteiger partial charge in [0.2, 0.25) is 0 Å². The van der Waals surface area contributed by atoms with Crippen LogP contribution in [0.4, 0.5) is 4.39 Å². The first-order valence-electron chi connectivity index (χ1n) is 7.71. The highest BCUT2D eigenvalue weighted by atomic mass is 79.9. The van der Waals surface area contributed by atoms with E-state index in [2.05, 4.69) is 31.4 Å². The van der Waals surface area contributed by atoms with Gasteiger partial charge in [-0.15, -0.1) is 0 Å². The molecule has 0 unspecified atom stereocenters. The van der Waals surface area contributed by atoms with Crippen LogP contribution in [0.3, 0.4) is 0 Å². The summed E-state index contributed by atoms with van der Waals surface area (Å²) in [5, 5.41) is 20.6. The van der Waals surface area contributed by atoms with Crippen molar-refractivity contribution in [2.45, 2.75) is 25.7 Å². The van der Waals surface area contributed by atoms with E-state index < -0.39 is 0 Å². The Morgan fingerprint density at radius 2 is 2.12 bits per heavy atom. The normalized spacial score (nSPS) is 16.5. The van der Waals surface area contributed by atoms with Crippen LogP contribution in [0.1, 0.15) is 29.8 Å². The molecule has 1 fully saturated rings. The number of aromatic nitrogens is 2. The molecule has 0 spiro atoms. The third-order valence-electron chi connectivity index (χ3n) is 4.13.